The number of furan rings is 1. The monoisotopic (exact) mass is 514 g/mol. The Kier molecular flexibility index (Phi) is 4.86. The second-order valence-corrected chi connectivity index (χ2v) is 15.5. The molecule has 0 aliphatic carbocycles. The number of fused-ring (bicyclic) bond motifs is 6. The van der Waals surface area contributed by atoms with Crippen LogP contribution in [0.25, 0.3) is 55.4 Å². The van der Waals surface area contributed by atoms with E-state index >= 15 is 4.39 Å². The van der Waals surface area contributed by atoms with Gasteiger partial charge in [0.25, 0.3) is 0 Å². The molecule has 7 rings (SSSR count). The second kappa shape index (κ2) is 7.99. The van der Waals surface area contributed by atoms with Crippen molar-refractivity contribution >= 4 is 40.4 Å². The minimum atomic E-state index is -1.89. The van der Waals surface area contributed by atoms with Crippen molar-refractivity contribution in [3.8, 4) is 33.5 Å². The molecule has 4 heteroatoms. The predicted molar refractivity (Wildman–Crippen MR) is 157 cm³/mol. The molecule has 2 nitrogen and oxygen atoms in total. The van der Waals surface area contributed by atoms with E-state index < -0.39 is 8.07 Å². The summed E-state index contributed by atoms with van der Waals surface area (Å²) in [6.07, 6.45) is 2.12. The van der Waals surface area contributed by atoms with E-state index in [9.17, 15) is 0 Å². The zero-order valence-electron chi connectivity index (χ0n) is 22.3. The van der Waals surface area contributed by atoms with Crippen molar-refractivity contribution in [2.45, 2.75) is 26.9 Å². The minimum absolute atomic E-state index is 0.259. The Labute approximate surface area is 223 Å². The molecule has 4 aromatic carbocycles. The third-order valence-electron chi connectivity index (χ3n) is 8.38. The molecule has 0 saturated heterocycles. The normalized spacial score (nSPS) is 13.7. The summed E-state index contributed by atoms with van der Waals surface area (Å²) in [7, 11) is 0.168. The van der Waals surface area contributed by atoms with E-state index in [0.717, 1.165) is 38.7 Å². The van der Waals surface area contributed by atoms with Crippen molar-refractivity contribution in [2.75, 3.05) is 0 Å². The van der Waals surface area contributed by atoms with Gasteiger partial charge in [0.1, 0.15) is 32.1 Å². The van der Waals surface area contributed by atoms with Crippen LogP contribution in [0.5, 0.6) is 0 Å². The van der Waals surface area contributed by atoms with E-state index in [1.807, 2.05) is 6.07 Å². The van der Waals surface area contributed by atoms with Gasteiger partial charge in [-0.05, 0) is 64.7 Å². The second-order valence-electron chi connectivity index (χ2n) is 11.2. The Morgan fingerprint density at radius 2 is 1.45 bits per heavy atom. The summed E-state index contributed by atoms with van der Waals surface area (Å²) < 4.78 is 24.5. The standard InChI is InChI=1S/C34H29FNOSi/c1-20-10-17-28(36(3)19-20)31-21(2)11-13-25-26-15-16-27(35)32(34(26)37-33(25)31)22-12-14-24-23-8-6-7-9-29(23)38(4,5)30(24)18-22/h6-19H,1-5H3/q+1. The molecule has 38 heavy (non-hydrogen) atoms. The maximum absolute atomic E-state index is 15.7. The number of rotatable bonds is 2. The number of halogens is 1. The number of hydrogen-bond acceptors (Lipinski definition) is 1. The van der Waals surface area contributed by atoms with Crippen molar-refractivity contribution in [1.82, 2.24) is 0 Å². The zero-order valence-corrected chi connectivity index (χ0v) is 23.3. The van der Waals surface area contributed by atoms with Gasteiger partial charge in [-0.1, -0.05) is 67.7 Å². The van der Waals surface area contributed by atoms with Crippen molar-refractivity contribution in [3.63, 3.8) is 0 Å². The van der Waals surface area contributed by atoms with Crippen LogP contribution in [0.2, 0.25) is 13.1 Å². The number of hydrogen-bond donors (Lipinski definition) is 0. The molecule has 1 aliphatic rings. The minimum Gasteiger partial charge on any atom is -0.454 e. The Bertz CT molecular complexity index is 1950. The van der Waals surface area contributed by atoms with Crippen LogP contribution in [0.3, 0.4) is 0 Å². The summed E-state index contributed by atoms with van der Waals surface area (Å²) in [5.41, 5.74) is 9.86. The van der Waals surface area contributed by atoms with E-state index in [0.29, 0.717) is 11.1 Å². The smallest absolute Gasteiger partial charge is 0.216 e. The van der Waals surface area contributed by atoms with Crippen molar-refractivity contribution in [3.05, 3.63) is 102 Å². The summed E-state index contributed by atoms with van der Waals surface area (Å²) in [5, 5.41) is 4.74. The number of benzene rings is 4. The van der Waals surface area contributed by atoms with Crippen molar-refractivity contribution in [1.29, 1.82) is 0 Å². The zero-order chi connectivity index (χ0) is 26.3. The van der Waals surface area contributed by atoms with Gasteiger partial charge in [-0.25, -0.2) is 8.96 Å². The van der Waals surface area contributed by atoms with Crippen LogP contribution in [-0.4, -0.2) is 8.07 Å². The first-order valence-corrected chi connectivity index (χ1v) is 16.1. The lowest BCUT2D eigenvalue weighted by Crippen LogP contribution is -2.49. The highest BCUT2D eigenvalue weighted by atomic mass is 28.3. The van der Waals surface area contributed by atoms with Crippen LogP contribution in [0.4, 0.5) is 4.39 Å². The quantitative estimate of drug-likeness (QED) is 0.175. The fourth-order valence-corrected chi connectivity index (χ4v) is 9.53. The van der Waals surface area contributed by atoms with Crippen LogP contribution < -0.4 is 14.9 Å². The lowest BCUT2D eigenvalue weighted by Gasteiger charge is -2.19. The van der Waals surface area contributed by atoms with Crippen LogP contribution in [0, 0.1) is 19.7 Å². The van der Waals surface area contributed by atoms with Gasteiger partial charge in [-0.2, -0.15) is 0 Å². The maximum Gasteiger partial charge on any atom is 0.216 e. The Balaban J connectivity index is 1.50. The molecule has 0 amide bonds. The summed E-state index contributed by atoms with van der Waals surface area (Å²) in [5.74, 6) is -0.259. The Hall–Kier alpha value is -4.02. The molecule has 0 fully saturated rings. The van der Waals surface area contributed by atoms with E-state index in [-0.39, 0.29) is 5.82 Å². The molecular weight excluding hydrogens is 485 g/mol. The highest BCUT2D eigenvalue weighted by Crippen LogP contribution is 2.42. The topological polar surface area (TPSA) is 17.0 Å². The molecule has 6 aromatic rings. The average Bonchev–Trinajstić information content (AvgIpc) is 3.37. The first-order chi connectivity index (χ1) is 18.3. The van der Waals surface area contributed by atoms with Gasteiger partial charge >= 0.3 is 0 Å². The predicted octanol–water partition coefficient (Wildman–Crippen LogP) is 7.30. The van der Waals surface area contributed by atoms with Gasteiger partial charge in [0, 0.05) is 22.4 Å². The summed E-state index contributed by atoms with van der Waals surface area (Å²) in [4.78, 5) is 0. The molecule has 0 saturated carbocycles. The fraction of sp³-hybridized carbons (Fsp3) is 0.147. The molecule has 1 aliphatic heterocycles. The van der Waals surface area contributed by atoms with Crippen LogP contribution in [0.1, 0.15) is 11.1 Å². The summed E-state index contributed by atoms with van der Waals surface area (Å²) >= 11 is 0. The molecule has 0 bridgehead atoms. The third kappa shape index (κ3) is 3.13. The van der Waals surface area contributed by atoms with Gasteiger partial charge in [0.05, 0.1) is 11.1 Å². The van der Waals surface area contributed by atoms with Gasteiger partial charge in [0.15, 0.2) is 6.20 Å². The van der Waals surface area contributed by atoms with Gasteiger partial charge in [0.2, 0.25) is 5.69 Å². The van der Waals surface area contributed by atoms with Gasteiger partial charge in [-0.3, -0.25) is 0 Å². The number of nitrogens with zero attached hydrogens (tertiary/aromatic N) is 1. The fourth-order valence-electron chi connectivity index (χ4n) is 6.43. The van der Waals surface area contributed by atoms with Crippen molar-refractivity contribution in [2.24, 2.45) is 7.05 Å². The van der Waals surface area contributed by atoms with Crippen molar-refractivity contribution < 1.29 is 13.4 Å². The van der Waals surface area contributed by atoms with E-state index in [1.54, 1.807) is 6.07 Å². The molecule has 0 atom stereocenters. The number of aryl methyl sites for hydroxylation is 3. The van der Waals surface area contributed by atoms with Crippen LogP contribution in [-0.2, 0) is 7.05 Å². The molecule has 186 valence electrons. The third-order valence-corrected chi connectivity index (χ3v) is 11.9. The maximum atomic E-state index is 15.7. The van der Waals surface area contributed by atoms with Crippen LogP contribution in [0.15, 0.2) is 89.5 Å². The van der Waals surface area contributed by atoms with Gasteiger partial charge in [-0.15, -0.1) is 0 Å². The Morgan fingerprint density at radius 1 is 0.737 bits per heavy atom. The number of pyridine rings is 1. The Morgan fingerprint density at radius 3 is 2.24 bits per heavy atom. The van der Waals surface area contributed by atoms with Crippen LogP contribution >= 0.6 is 0 Å². The lowest BCUT2D eigenvalue weighted by molar-refractivity contribution is -0.660. The molecule has 0 N–H and O–H groups in total. The summed E-state index contributed by atoms with van der Waals surface area (Å²) in [6.45, 7) is 8.97. The molecule has 0 spiro atoms. The van der Waals surface area contributed by atoms with Gasteiger partial charge < -0.3 is 4.42 Å². The first kappa shape index (κ1) is 23.1. The molecule has 3 heterocycles. The molecule has 0 radical (unpaired) electrons. The SMILES string of the molecule is Cc1ccc(-c2c(C)ccc3c2oc2c(-c4ccc5c(c4)[Si](C)(C)c4ccccc4-5)c(F)ccc23)[n+](C)c1. The molecule has 2 aromatic heterocycles. The molecular formula is C34H29FNOSi+. The van der Waals surface area contributed by atoms with E-state index in [1.165, 1.54) is 27.1 Å². The highest BCUT2D eigenvalue weighted by molar-refractivity contribution is 7.03. The largest absolute Gasteiger partial charge is 0.454 e. The highest BCUT2D eigenvalue weighted by Gasteiger charge is 2.37. The first-order valence-electron chi connectivity index (χ1n) is 13.1. The molecule has 0 unspecified atom stereocenters. The summed E-state index contributed by atoms with van der Waals surface area (Å²) in [6, 6.07) is 27.1. The van der Waals surface area contributed by atoms with E-state index in [2.05, 4.69) is 111 Å². The average molecular weight is 515 g/mol. The number of aromatic nitrogens is 1. The lowest BCUT2D eigenvalue weighted by atomic mass is 9.97. The van der Waals surface area contributed by atoms with E-state index in [4.69, 9.17) is 4.42 Å².